The van der Waals surface area contributed by atoms with Crippen LogP contribution in [-0.4, -0.2) is 13.0 Å². The molecule has 0 aliphatic heterocycles. The lowest BCUT2D eigenvalue weighted by Crippen LogP contribution is -2.13. The fraction of sp³-hybridized carbons (Fsp3) is 0.0833. The first kappa shape index (κ1) is 23.9. The normalized spacial score (nSPS) is 10.9. The molecule has 0 aliphatic rings. The van der Waals surface area contributed by atoms with E-state index < -0.39 is 5.91 Å². The summed E-state index contributed by atoms with van der Waals surface area (Å²) >= 11 is 12.8. The Balaban J connectivity index is 1.81. The molecule has 3 aromatic carbocycles. The van der Waals surface area contributed by atoms with Crippen LogP contribution in [-0.2, 0) is 11.4 Å². The minimum Gasteiger partial charge on any atom is -0.493 e. The Morgan fingerprint density at radius 3 is 2.56 bits per heavy atom. The van der Waals surface area contributed by atoms with Crippen LogP contribution in [0.4, 0.5) is 5.69 Å². The maximum atomic E-state index is 12.6. The molecule has 0 bridgehead atoms. The van der Waals surface area contributed by atoms with Crippen LogP contribution in [0.3, 0.4) is 0 Å². The largest absolute Gasteiger partial charge is 0.493 e. The van der Waals surface area contributed by atoms with Gasteiger partial charge in [0.25, 0.3) is 5.91 Å². The van der Waals surface area contributed by atoms with Gasteiger partial charge in [-0.2, -0.15) is 5.26 Å². The summed E-state index contributed by atoms with van der Waals surface area (Å²) in [5.41, 5.74) is 2.08. The second kappa shape index (κ2) is 11.2. The summed E-state index contributed by atoms with van der Waals surface area (Å²) in [6, 6.07) is 19.9. The van der Waals surface area contributed by atoms with E-state index >= 15 is 0 Å². The summed E-state index contributed by atoms with van der Waals surface area (Å²) < 4.78 is 12.8. The summed E-state index contributed by atoms with van der Waals surface area (Å²) in [6.07, 6.45) is 1.49. The van der Waals surface area contributed by atoms with E-state index in [4.69, 9.17) is 21.1 Å². The van der Waals surface area contributed by atoms with Crippen LogP contribution < -0.4 is 14.8 Å². The number of amides is 1. The van der Waals surface area contributed by atoms with Gasteiger partial charge in [0.2, 0.25) is 0 Å². The van der Waals surface area contributed by atoms with Gasteiger partial charge in [0, 0.05) is 15.2 Å². The number of rotatable bonds is 7. The number of hydrogen-bond donors (Lipinski definition) is 1. The predicted molar refractivity (Wildman–Crippen MR) is 133 cm³/mol. The van der Waals surface area contributed by atoms with Gasteiger partial charge < -0.3 is 14.8 Å². The molecule has 0 atom stereocenters. The number of carbonyl (C=O) groups excluding carboxylic acids is 1. The lowest BCUT2D eigenvalue weighted by molar-refractivity contribution is -0.112. The predicted octanol–water partition coefficient (Wildman–Crippen LogP) is 7.00. The quantitative estimate of drug-likeness (QED) is 0.243. The molecule has 32 heavy (non-hydrogen) atoms. The third-order valence-electron chi connectivity index (χ3n) is 4.31. The van der Waals surface area contributed by atoms with Crippen LogP contribution >= 0.6 is 43.5 Å². The Morgan fingerprint density at radius 1 is 1.16 bits per heavy atom. The first-order chi connectivity index (χ1) is 15.4. The second-order valence-corrected chi connectivity index (χ2v) is 8.79. The van der Waals surface area contributed by atoms with Crippen molar-refractivity contribution in [2.75, 3.05) is 12.4 Å². The first-order valence-electron chi connectivity index (χ1n) is 9.33. The van der Waals surface area contributed by atoms with Crippen molar-refractivity contribution >= 4 is 61.1 Å². The molecule has 1 amide bonds. The lowest BCUT2D eigenvalue weighted by Gasteiger charge is -2.14. The number of nitrogens with one attached hydrogen (secondary N) is 1. The van der Waals surface area contributed by atoms with Crippen LogP contribution in [0.5, 0.6) is 11.5 Å². The van der Waals surface area contributed by atoms with E-state index in [0.717, 1.165) is 10.0 Å². The van der Waals surface area contributed by atoms with E-state index in [0.29, 0.717) is 38.9 Å². The van der Waals surface area contributed by atoms with Gasteiger partial charge >= 0.3 is 0 Å². The fourth-order valence-electron chi connectivity index (χ4n) is 2.78. The van der Waals surface area contributed by atoms with Crippen molar-refractivity contribution in [3.8, 4) is 17.6 Å². The molecule has 0 spiro atoms. The Morgan fingerprint density at radius 2 is 1.91 bits per heavy atom. The summed E-state index contributed by atoms with van der Waals surface area (Å²) in [5, 5.41) is 12.9. The highest BCUT2D eigenvalue weighted by Crippen LogP contribution is 2.38. The van der Waals surface area contributed by atoms with Crippen molar-refractivity contribution < 1.29 is 14.3 Å². The van der Waals surface area contributed by atoms with E-state index in [1.807, 2.05) is 24.3 Å². The molecule has 0 radical (unpaired) electrons. The van der Waals surface area contributed by atoms with E-state index in [2.05, 4.69) is 37.2 Å². The summed E-state index contributed by atoms with van der Waals surface area (Å²) in [7, 11) is 1.52. The molecule has 3 aromatic rings. The monoisotopic (exact) mass is 574 g/mol. The van der Waals surface area contributed by atoms with Crippen LogP contribution in [0.1, 0.15) is 11.1 Å². The van der Waals surface area contributed by atoms with Gasteiger partial charge in [-0.1, -0.05) is 45.7 Å². The zero-order valence-corrected chi connectivity index (χ0v) is 20.8. The van der Waals surface area contributed by atoms with E-state index in [-0.39, 0.29) is 5.57 Å². The summed E-state index contributed by atoms with van der Waals surface area (Å²) in [4.78, 5) is 12.6. The fourth-order valence-corrected chi connectivity index (χ4v) is 3.88. The number of hydrogen-bond acceptors (Lipinski definition) is 4. The highest BCUT2D eigenvalue weighted by molar-refractivity contribution is 9.10. The van der Waals surface area contributed by atoms with Crippen molar-refractivity contribution in [1.82, 2.24) is 0 Å². The highest BCUT2D eigenvalue weighted by atomic mass is 79.9. The molecule has 5 nitrogen and oxygen atoms in total. The van der Waals surface area contributed by atoms with Gasteiger partial charge in [0.05, 0.1) is 11.6 Å². The van der Waals surface area contributed by atoms with Gasteiger partial charge in [-0.3, -0.25) is 4.79 Å². The van der Waals surface area contributed by atoms with Crippen LogP contribution in [0, 0.1) is 11.3 Å². The molecular weight excluding hydrogens is 560 g/mol. The third-order valence-corrected chi connectivity index (χ3v) is 5.64. The molecule has 0 saturated carbocycles. The zero-order valence-electron chi connectivity index (χ0n) is 16.9. The number of nitrogens with zero attached hydrogens (tertiary/aromatic N) is 1. The van der Waals surface area contributed by atoms with Crippen LogP contribution in [0.15, 0.2) is 75.2 Å². The summed E-state index contributed by atoms with van der Waals surface area (Å²) in [6.45, 7) is 0.319. The first-order valence-corrected chi connectivity index (χ1v) is 11.3. The average molecular weight is 577 g/mol. The molecule has 0 aliphatic carbocycles. The number of nitriles is 1. The number of ether oxygens (including phenoxy) is 2. The number of benzene rings is 3. The minimum absolute atomic E-state index is 0.0474. The van der Waals surface area contributed by atoms with Crippen molar-refractivity contribution in [1.29, 1.82) is 5.26 Å². The summed E-state index contributed by atoms with van der Waals surface area (Å²) in [5.74, 6) is 0.463. The van der Waals surface area contributed by atoms with E-state index in [1.165, 1.54) is 13.2 Å². The van der Waals surface area contributed by atoms with Gasteiger partial charge in [0.1, 0.15) is 18.2 Å². The Hall–Kier alpha value is -2.79. The topological polar surface area (TPSA) is 71.3 Å². The SMILES string of the molecule is COc1cc(/C=C(/C#N)C(=O)Nc2cccc(Br)c2)cc(Br)c1OCc1ccc(Cl)cc1. The van der Waals surface area contributed by atoms with Crippen LogP contribution in [0.25, 0.3) is 6.08 Å². The van der Waals surface area contributed by atoms with Crippen LogP contribution in [0.2, 0.25) is 5.02 Å². The minimum atomic E-state index is -0.510. The maximum Gasteiger partial charge on any atom is 0.266 e. The lowest BCUT2D eigenvalue weighted by atomic mass is 10.1. The average Bonchev–Trinajstić information content (AvgIpc) is 2.77. The second-order valence-electron chi connectivity index (χ2n) is 6.58. The molecule has 0 fully saturated rings. The Labute approximate surface area is 207 Å². The molecule has 0 heterocycles. The van der Waals surface area contributed by atoms with E-state index in [9.17, 15) is 10.1 Å². The van der Waals surface area contributed by atoms with Crippen molar-refractivity contribution in [2.45, 2.75) is 6.61 Å². The highest BCUT2D eigenvalue weighted by Gasteiger charge is 2.14. The Bertz CT molecular complexity index is 1200. The van der Waals surface area contributed by atoms with Gasteiger partial charge in [0.15, 0.2) is 11.5 Å². The molecule has 1 N–H and O–H groups in total. The van der Waals surface area contributed by atoms with Gasteiger partial charge in [-0.25, -0.2) is 0 Å². The van der Waals surface area contributed by atoms with E-state index in [1.54, 1.807) is 42.5 Å². The molecule has 162 valence electrons. The zero-order chi connectivity index (χ0) is 23.1. The Kier molecular flexibility index (Phi) is 8.34. The van der Waals surface area contributed by atoms with Gasteiger partial charge in [-0.15, -0.1) is 0 Å². The standard InChI is InChI=1S/C24H17Br2ClN2O3/c1-31-22-11-16(9-17(13-28)24(30)29-20-4-2-3-18(25)12-20)10-21(26)23(22)32-14-15-5-7-19(27)8-6-15/h2-12H,14H2,1H3,(H,29,30)/b17-9-. The smallest absolute Gasteiger partial charge is 0.266 e. The number of methoxy groups -OCH3 is 1. The van der Waals surface area contributed by atoms with Gasteiger partial charge in [-0.05, 0) is 75.6 Å². The molecule has 0 unspecified atom stereocenters. The number of anilines is 1. The molecule has 0 aromatic heterocycles. The number of carbonyl (C=O) groups is 1. The molecule has 3 rings (SSSR count). The van der Waals surface area contributed by atoms with Crippen molar-refractivity contribution in [3.63, 3.8) is 0 Å². The maximum absolute atomic E-state index is 12.6. The third kappa shape index (κ3) is 6.36. The molecule has 0 saturated heterocycles. The molecule has 8 heteroatoms. The van der Waals surface area contributed by atoms with Crippen molar-refractivity contribution in [3.05, 3.63) is 91.3 Å². The molecular formula is C24H17Br2ClN2O3. The number of halogens is 3. The van der Waals surface area contributed by atoms with Crippen molar-refractivity contribution in [2.24, 2.45) is 0 Å².